The zero-order chi connectivity index (χ0) is 17.8. The number of nitrogens with one attached hydrogen (secondary N) is 1. The lowest BCUT2D eigenvalue weighted by molar-refractivity contribution is 0.243. The van der Waals surface area contributed by atoms with Gasteiger partial charge >= 0.3 is 6.03 Å². The van der Waals surface area contributed by atoms with Crippen molar-refractivity contribution in [1.29, 1.82) is 0 Å². The van der Waals surface area contributed by atoms with E-state index in [0.717, 1.165) is 23.0 Å². The Labute approximate surface area is 150 Å². The second-order valence-electron chi connectivity index (χ2n) is 5.86. The number of benzene rings is 2. The Bertz CT molecular complexity index is 1030. The minimum absolute atomic E-state index is 0.188. The van der Waals surface area contributed by atoms with Gasteiger partial charge in [-0.25, -0.2) is 19.7 Å². The van der Waals surface area contributed by atoms with Gasteiger partial charge in [-0.05, 0) is 36.2 Å². The van der Waals surface area contributed by atoms with Crippen molar-refractivity contribution < 1.29 is 4.79 Å². The molecular weight excluding hydrogens is 326 g/mol. The van der Waals surface area contributed by atoms with E-state index in [4.69, 9.17) is 0 Å². The summed E-state index contributed by atoms with van der Waals surface area (Å²) in [6.07, 6.45) is 5.73. The van der Waals surface area contributed by atoms with Crippen LogP contribution in [0.4, 0.5) is 4.79 Å². The Morgan fingerprint density at radius 1 is 0.962 bits per heavy atom. The third kappa shape index (κ3) is 3.30. The van der Waals surface area contributed by atoms with Crippen LogP contribution in [0.15, 0.2) is 73.3 Å². The Kier molecular flexibility index (Phi) is 4.38. The lowest BCUT2D eigenvalue weighted by atomic mass is 10.1. The van der Waals surface area contributed by atoms with Gasteiger partial charge < -0.3 is 5.32 Å². The molecule has 0 atom stereocenters. The van der Waals surface area contributed by atoms with Gasteiger partial charge in [0.05, 0.1) is 11.0 Å². The predicted octanol–water partition coefficient (Wildman–Crippen LogP) is 3.29. The third-order valence-electron chi connectivity index (χ3n) is 4.12. The van der Waals surface area contributed by atoms with Crippen molar-refractivity contribution in [3.05, 3.63) is 78.9 Å². The first-order valence-electron chi connectivity index (χ1n) is 8.38. The van der Waals surface area contributed by atoms with Crippen LogP contribution in [-0.2, 0) is 6.42 Å². The fraction of sp³-hybridized carbons (Fsp3) is 0.100. The second-order valence-corrected chi connectivity index (χ2v) is 5.86. The molecule has 6 nitrogen and oxygen atoms in total. The summed E-state index contributed by atoms with van der Waals surface area (Å²) >= 11 is 0. The monoisotopic (exact) mass is 343 g/mol. The number of imidazole rings is 1. The van der Waals surface area contributed by atoms with E-state index in [9.17, 15) is 4.79 Å². The van der Waals surface area contributed by atoms with Crippen LogP contribution >= 0.6 is 0 Å². The van der Waals surface area contributed by atoms with Gasteiger partial charge in [-0.15, -0.1) is 0 Å². The zero-order valence-corrected chi connectivity index (χ0v) is 14.0. The number of nitrogens with zero attached hydrogens (tertiary/aromatic N) is 4. The van der Waals surface area contributed by atoms with Crippen LogP contribution in [0.3, 0.4) is 0 Å². The molecule has 0 aliphatic rings. The lowest BCUT2D eigenvalue weighted by Gasteiger charge is -2.07. The molecule has 0 aliphatic carbocycles. The van der Waals surface area contributed by atoms with E-state index in [2.05, 4.69) is 20.3 Å². The minimum atomic E-state index is -0.188. The lowest BCUT2D eigenvalue weighted by Crippen LogP contribution is -2.29. The van der Waals surface area contributed by atoms with E-state index in [-0.39, 0.29) is 6.03 Å². The molecule has 1 N–H and O–H groups in total. The number of rotatable bonds is 4. The molecule has 128 valence electrons. The van der Waals surface area contributed by atoms with E-state index in [1.165, 1.54) is 16.5 Å². The van der Waals surface area contributed by atoms with Crippen molar-refractivity contribution in [1.82, 2.24) is 24.8 Å². The summed E-state index contributed by atoms with van der Waals surface area (Å²) in [6, 6.07) is 17.3. The fourth-order valence-corrected chi connectivity index (χ4v) is 2.81. The van der Waals surface area contributed by atoms with E-state index in [1.807, 2.05) is 48.5 Å². The fourth-order valence-electron chi connectivity index (χ4n) is 2.81. The molecule has 0 aliphatic heterocycles. The highest BCUT2D eigenvalue weighted by Crippen LogP contribution is 2.20. The minimum Gasteiger partial charge on any atom is -0.337 e. The van der Waals surface area contributed by atoms with E-state index >= 15 is 0 Å². The highest BCUT2D eigenvalue weighted by atomic mass is 16.2. The van der Waals surface area contributed by atoms with Crippen LogP contribution in [0.2, 0.25) is 0 Å². The molecule has 0 fully saturated rings. The van der Waals surface area contributed by atoms with E-state index in [1.54, 1.807) is 18.5 Å². The molecule has 0 bridgehead atoms. The molecule has 4 aromatic rings. The summed E-state index contributed by atoms with van der Waals surface area (Å²) in [4.78, 5) is 25.3. The summed E-state index contributed by atoms with van der Waals surface area (Å²) in [7, 11) is 0. The summed E-state index contributed by atoms with van der Waals surface area (Å²) in [5.41, 5.74) is 3.54. The van der Waals surface area contributed by atoms with Crippen molar-refractivity contribution in [2.24, 2.45) is 0 Å². The molecule has 0 unspecified atom stereocenters. The van der Waals surface area contributed by atoms with Gasteiger partial charge in [0.2, 0.25) is 0 Å². The van der Waals surface area contributed by atoms with Crippen molar-refractivity contribution in [2.75, 3.05) is 6.54 Å². The van der Waals surface area contributed by atoms with Gasteiger partial charge in [0.25, 0.3) is 0 Å². The predicted molar refractivity (Wildman–Crippen MR) is 99.7 cm³/mol. The van der Waals surface area contributed by atoms with Gasteiger partial charge in [0, 0.05) is 24.5 Å². The Morgan fingerprint density at radius 2 is 1.77 bits per heavy atom. The number of hydrogen-bond acceptors (Lipinski definition) is 4. The molecule has 4 rings (SSSR count). The van der Waals surface area contributed by atoms with Gasteiger partial charge in [-0.3, -0.25) is 4.57 Å². The van der Waals surface area contributed by atoms with Crippen LogP contribution in [0, 0.1) is 0 Å². The number of aromatic nitrogens is 4. The van der Waals surface area contributed by atoms with Gasteiger partial charge in [-0.1, -0.05) is 30.3 Å². The average molecular weight is 343 g/mol. The summed E-state index contributed by atoms with van der Waals surface area (Å²) < 4.78 is 1.52. The van der Waals surface area contributed by atoms with Crippen molar-refractivity contribution >= 4 is 17.1 Å². The van der Waals surface area contributed by atoms with Crippen molar-refractivity contribution in [2.45, 2.75) is 6.42 Å². The highest BCUT2D eigenvalue weighted by Gasteiger charge is 2.11. The summed E-state index contributed by atoms with van der Waals surface area (Å²) in [6.45, 7) is 0.568. The Morgan fingerprint density at radius 3 is 2.58 bits per heavy atom. The second kappa shape index (κ2) is 7.14. The molecule has 6 heteroatoms. The molecule has 2 aromatic carbocycles. The molecule has 2 aromatic heterocycles. The molecule has 0 spiro atoms. The van der Waals surface area contributed by atoms with Crippen LogP contribution in [0.5, 0.6) is 0 Å². The standard InChI is InChI=1S/C20H17N5O/c26-20(23-12-9-15-5-2-1-3-6-15)25-14-24-17-13-16(7-8-18(17)25)19-21-10-4-11-22-19/h1-8,10-11,13-14H,9,12H2,(H,23,26). The molecule has 2 heterocycles. The SMILES string of the molecule is O=C(NCCc1ccccc1)n1cnc2cc(-c3ncccn3)ccc21. The van der Waals surface area contributed by atoms with Crippen LogP contribution in [0.1, 0.15) is 5.56 Å². The van der Waals surface area contributed by atoms with Crippen molar-refractivity contribution in [3.8, 4) is 11.4 Å². The van der Waals surface area contributed by atoms with Gasteiger partial charge in [0.15, 0.2) is 5.82 Å². The number of carbonyl (C=O) groups excluding carboxylic acids is 1. The number of fused-ring (bicyclic) bond motifs is 1. The summed E-state index contributed by atoms with van der Waals surface area (Å²) in [5, 5.41) is 2.93. The van der Waals surface area contributed by atoms with Crippen LogP contribution in [0.25, 0.3) is 22.4 Å². The number of amides is 1. The summed E-state index contributed by atoms with van der Waals surface area (Å²) in [5.74, 6) is 0.635. The average Bonchev–Trinajstić information content (AvgIpc) is 3.13. The van der Waals surface area contributed by atoms with Crippen LogP contribution < -0.4 is 5.32 Å². The van der Waals surface area contributed by atoms with E-state index in [0.29, 0.717) is 12.4 Å². The zero-order valence-electron chi connectivity index (χ0n) is 14.0. The Hall–Kier alpha value is -3.54. The van der Waals surface area contributed by atoms with Crippen LogP contribution in [-0.4, -0.2) is 32.1 Å². The van der Waals surface area contributed by atoms with Gasteiger partial charge in [0.1, 0.15) is 6.33 Å². The first-order chi connectivity index (χ1) is 12.8. The number of carbonyl (C=O) groups is 1. The third-order valence-corrected chi connectivity index (χ3v) is 4.12. The van der Waals surface area contributed by atoms with E-state index < -0.39 is 0 Å². The Balaban J connectivity index is 1.49. The smallest absolute Gasteiger partial charge is 0.327 e. The largest absolute Gasteiger partial charge is 0.337 e. The first kappa shape index (κ1) is 16.0. The molecular formula is C20H17N5O. The maximum Gasteiger partial charge on any atom is 0.327 e. The highest BCUT2D eigenvalue weighted by molar-refractivity contribution is 5.90. The maximum atomic E-state index is 12.5. The quantitative estimate of drug-likeness (QED) is 0.617. The molecule has 0 saturated heterocycles. The molecule has 1 amide bonds. The first-order valence-corrected chi connectivity index (χ1v) is 8.38. The van der Waals surface area contributed by atoms with Gasteiger partial charge in [-0.2, -0.15) is 0 Å². The molecule has 0 saturated carbocycles. The molecule has 0 radical (unpaired) electrons. The normalized spacial score (nSPS) is 10.8. The number of hydrogen-bond donors (Lipinski definition) is 1. The maximum absolute atomic E-state index is 12.5. The van der Waals surface area contributed by atoms with Crippen molar-refractivity contribution in [3.63, 3.8) is 0 Å². The molecule has 26 heavy (non-hydrogen) atoms. The topological polar surface area (TPSA) is 72.7 Å².